The van der Waals surface area contributed by atoms with Gasteiger partial charge in [-0.05, 0) is 36.5 Å². The fraction of sp³-hybridized carbons (Fsp3) is 0.562. The van der Waals surface area contributed by atoms with E-state index in [1.807, 2.05) is 25.1 Å². The molecule has 0 aliphatic heterocycles. The second kappa shape index (κ2) is 8.46. The smallest absolute Gasteiger partial charge is 0.303 e. The Hall–Kier alpha value is -1.71. The number of carboxylic acid groups (broad SMARTS) is 1. The van der Waals surface area contributed by atoms with E-state index in [1.54, 1.807) is 7.11 Å². The van der Waals surface area contributed by atoms with E-state index >= 15 is 0 Å². The van der Waals surface area contributed by atoms with Crippen LogP contribution in [0.25, 0.3) is 0 Å². The van der Waals surface area contributed by atoms with Crippen LogP contribution in [0.4, 0.5) is 0 Å². The molecular weight excluding hydrogens is 256 g/mol. The van der Waals surface area contributed by atoms with Gasteiger partial charge in [-0.1, -0.05) is 26.3 Å². The number of hydrogen-bond donors (Lipinski definition) is 1. The Balaban J connectivity index is 2.95. The molecule has 0 heterocycles. The van der Waals surface area contributed by atoms with Crippen LogP contribution in [-0.4, -0.2) is 24.8 Å². The van der Waals surface area contributed by atoms with Gasteiger partial charge in [-0.15, -0.1) is 0 Å². The minimum absolute atomic E-state index is 0.0200. The second-order valence-electron chi connectivity index (χ2n) is 4.84. The van der Waals surface area contributed by atoms with Crippen LogP contribution in [0, 0.1) is 0 Å². The molecule has 0 spiro atoms. The third kappa shape index (κ3) is 4.76. The van der Waals surface area contributed by atoms with Crippen molar-refractivity contribution >= 4 is 5.97 Å². The van der Waals surface area contributed by atoms with Crippen LogP contribution in [0.1, 0.15) is 51.0 Å². The highest BCUT2D eigenvalue weighted by Crippen LogP contribution is 2.33. The number of aliphatic carboxylic acids is 1. The van der Waals surface area contributed by atoms with E-state index in [0.717, 1.165) is 24.8 Å². The van der Waals surface area contributed by atoms with Crippen molar-refractivity contribution < 1.29 is 19.4 Å². The van der Waals surface area contributed by atoms with Crippen LogP contribution < -0.4 is 9.47 Å². The SMILES string of the molecule is CCCOc1ccc(C(CCC)CC(=O)O)cc1OC. The normalized spacial score (nSPS) is 11.9. The number of hydrogen-bond acceptors (Lipinski definition) is 3. The first-order chi connectivity index (χ1) is 9.62. The lowest BCUT2D eigenvalue weighted by Crippen LogP contribution is -2.07. The first kappa shape index (κ1) is 16.3. The maximum Gasteiger partial charge on any atom is 0.303 e. The molecule has 4 heteroatoms. The first-order valence-corrected chi connectivity index (χ1v) is 7.14. The highest BCUT2D eigenvalue weighted by molar-refractivity contribution is 5.68. The molecule has 1 rings (SSSR count). The maximum absolute atomic E-state index is 11.0. The van der Waals surface area contributed by atoms with Gasteiger partial charge in [0.15, 0.2) is 11.5 Å². The quantitative estimate of drug-likeness (QED) is 0.746. The number of carboxylic acids is 1. The molecule has 4 nitrogen and oxygen atoms in total. The Morgan fingerprint density at radius 2 is 2.00 bits per heavy atom. The number of ether oxygens (including phenoxy) is 2. The molecule has 1 N–H and O–H groups in total. The number of benzene rings is 1. The van der Waals surface area contributed by atoms with E-state index in [1.165, 1.54) is 0 Å². The highest BCUT2D eigenvalue weighted by Gasteiger charge is 2.17. The highest BCUT2D eigenvalue weighted by atomic mass is 16.5. The van der Waals surface area contributed by atoms with Gasteiger partial charge in [-0.2, -0.15) is 0 Å². The van der Waals surface area contributed by atoms with E-state index < -0.39 is 5.97 Å². The molecule has 0 saturated carbocycles. The van der Waals surface area contributed by atoms with Gasteiger partial charge in [0.1, 0.15) is 0 Å². The van der Waals surface area contributed by atoms with Crippen molar-refractivity contribution in [2.75, 3.05) is 13.7 Å². The summed E-state index contributed by atoms with van der Waals surface area (Å²) < 4.78 is 11.0. The largest absolute Gasteiger partial charge is 0.493 e. The van der Waals surface area contributed by atoms with Crippen molar-refractivity contribution in [1.82, 2.24) is 0 Å². The molecular formula is C16H24O4. The molecule has 0 amide bonds. The molecule has 1 aromatic carbocycles. The molecule has 0 fully saturated rings. The summed E-state index contributed by atoms with van der Waals surface area (Å²) in [4.78, 5) is 11.0. The first-order valence-electron chi connectivity index (χ1n) is 7.14. The van der Waals surface area contributed by atoms with E-state index in [0.29, 0.717) is 18.1 Å². The van der Waals surface area contributed by atoms with Crippen LogP contribution in [0.15, 0.2) is 18.2 Å². The van der Waals surface area contributed by atoms with Crippen LogP contribution in [-0.2, 0) is 4.79 Å². The average molecular weight is 280 g/mol. The van der Waals surface area contributed by atoms with Crippen LogP contribution in [0.5, 0.6) is 11.5 Å². The molecule has 112 valence electrons. The number of carbonyl (C=O) groups is 1. The predicted octanol–water partition coefficient (Wildman–Crippen LogP) is 3.84. The van der Waals surface area contributed by atoms with Crippen molar-refractivity contribution in [3.05, 3.63) is 23.8 Å². The van der Waals surface area contributed by atoms with E-state index in [9.17, 15) is 4.79 Å². The molecule has 1 unspecified atom stereocenters. The fourth-order valence-corrected chi connectivity index (χ4v) is 2.22. The van der Waals surface area contributed by atoms with Gasteiger partial charge in [-0.3, -0.25) is 4.79 Å². The Kier molecular flexibility index (Phi) is 6.91. The zero-order valence-electron chi connectivity index (χ0n) is 12.5. The molecule has 0 aliphatic carbocycles. The van der Waals surface area contributed by atoms with Crippen LogP contribution in [0.3, 0.4) is 0 Å². The van der Waals surface area contributed by atoms with Crippen molar-refractivity contribution in [2.45, 2.75) is 45.4 Å². The Morgan fingerprint density at radius 3 is 2.55 bits per heavy atom. The summed E-state index contributed by atoms with van der Waals surface area (Å²) in [6.07, 6.45) is 2.88. The number of methoxy groups -OCH3 is 1. The summed E-state index contributed by atoms with van der Waals surface area (Å²) >= 11 is 0. The summed E-state index contributed by atoms with van der Waals surface area (Å²) in [6.45, 7) is 4.75. The van der Waals surface area contributed by atoms with E-state index in [2.05, 4.69) is 6.92 Å². The summed E-state index contributed by atoms with van der Waals surface area (Å²) in [5.41, 5.74) is 0.995. The third-order valence-corrected chi connectivity index (χ3v) is 3.18. The zero-order valence-corrected chi connectivity index (χ0v) is 12.5. The Morgan fingerprint density at radius 1 is 1.25 bits per heavy atom. The van der Waals surface area contributed by atoms with Gasteiger partial charge in [-0.25, -0.2) is 0 Å². The van der Waals surface area contributed by atoms with Gasteiger partial charge in [0.25, 0.3) is 0 Å². The van der Waals surface area contributed by atoms with Crippen molar-refractivity contribution in [3.63, 3.8) is 0 Å². The lowest BCUT2D eigenvalue weighted by Gasteiger charge is -2.17. The minimum Gasteiger partial charge on any atom is -0.493 e. The second-order valence-corrected chi connectivity index (χ2v) is 4.84. The molecule has 20 heavy (non-hydrogen) atoms. The summed E-state index contributed by atoms with van der Waals surface area (Å²) in [6, 6.07) is 5.71. The topological polar surface area (TPSA) is 55.8 Å². The molecule has 0 aromatic heterocycles. The third-order valence-electron chi connectivity index (χ3n) is 3.18. The summed E-state index contributed by atoms with van der Waals surface area (Å²) in [5, 5.41) is 9.01. The van der Waals surface area contributed by atoms with Gasteiger partial charge >= 0.3 is 5.97 Å². The lowest BCUT2D eigenvalue weighted by atomic mass is 9.91. The molecule has 1 aromatic rings. The predicted molar refractivity (Wildman–Crippen MR) is 78.7 cm³/mol. The average Bonchev–Trinajstić information content (AvgIpc) is 2.44. The summed E-state index contributed by atoms with van der Waals surface area (Å²) in [7, 11) is 1.60. The van der Waals surface area contributed by atoms with Crippen molar-refractivity contribution in [1.29, 1.82) is 0 Å². The standard InChI is InChI=1S/C16H24O4/c1-4-6-12(11-16(17)18)13-7-8-14(20-9-5-2)15(10-13)19-3/h7-8,10,12H,4-6,9,11H2,1-3H3,(H,17,18). The monoisotopic (exact) mass is 280 g/mol. The maximum atomic E-state index is 11.0. The van der Waals surface area contributed by atoms with E-state index in [4.69, 9.17) is 14.6 Å². The minimum atomic E-state index is -0.770. The molecule has 0 saturated heterocycles. The van der Waals surface area contributed by atoms with Gasteiger partial charge in [0.05, 0.1) is 20.1 Å². The molecule has 1 atom stereocenters. The fourth-order valence-electron chi connectivity index (χ4n) is 2.22. The van der Waals surface area contributed by atoms with E-state index in [-0.39, 0.29) is 12.3 Å². The summed E-state index contributed by atoms with van der Waals surface area (Å²) in [5.74, 6) is 0.631. The zero-order chi connectivity index (χ0) is 15.0. The molecule has 0 aliphatic rings. The van der Waals surface area contributed by atoms with Crippen molar-refractivity contribution in [2.24, 2.45) is 0 Å². The Labute approximate surface area is 120 Å². The lowest BCUT2D eigenvalue weighted by molar-refractivity contribution is -0.137. The van der Waals surface area contributed by atoms with Crippen molar-refractivity contribution in [3.8, 4) is 11.5 Å². The van der Waals surface area contributed by atoms with Gasteiger partial charge < -0.3 is 14.6 Å². The van der Waals surface area contributed by atoms with Gasteiger partial charge in [0.2, 0.25) is 0 Å². The van der Waals surface area contributed by atoms with Crippen LogP contribution >= 0.6 is 0 Å². The Bertz CT molecular complexity index is 428. The van der Waals surface area contributed by atoms with Crippen LogP contribution in [0.2, 0.25) is 0 Å². The van der Waals surface area contributed by atoms with Gasteiger partial charge in [0, 0.05) is 0 Å². The molecule has 0 radical (unpaired) electrons. The number of rotatable bonds is 9. The molecule has 0 bridgehead atoms.